The zero-order valence-corrected chi connectivity index (χ0v) is 26.3. The Hall–Kier alpha value is -4.54. The fourth-order valence-corrected chi connectivity index (χ4v) is 7.67. The minimum Gasteiger partial charge on any atom is -0.494 e. The lowest BCUT2D eigenvalue weighted by Crippen LogP contribution is -2.51. The third-order valence-corrected chi connectivity index (χ3v) is 10.2. The zero-order chi connectivity index (χ0) is 34.1. The molecule has 4 bridgehead atoms. The van der Waals surface area contributed by atoms with Gasteiger partial charge in [0.2, 0.25) is 11.8 Å². The number of amides is 1. The number of aromatic nitrogens is 6. The molecule has 8 heterocycles. The van der Waals surface area contributed by atoms with Crippen LogP contribution in [0.25, 0.3) is 44.5 Å². The fraction of sp³-hybridized carbons (Fsp3) is 0.486. The highest BCUT2D eigenvalue weighted by molar-refractivity contribution is 6.14. The van der Waals surface area contributed by atoms with E-state index in [1.807, 2.05) is 37.5 Å². The van der Waals surface area contributed by atoms with Crippen LogP contribution in [0.5, 0.6) is 11.6 Å². The molecule has 0 unspecified atom stereocenters. The van der Waals surface area contributed by atoms with Gasteiger partial charge in [0.05, 0.1) is 47.6 Å². The van der Waals surface area contributed by atoms with Gasteiger partial charge in [-0.3, -0.25) is 18.6 Å². The molecule has 1 aromatic carbocycles. The predicted octanol–water partition coefficient (Wildman–Crippen LogP) is 5.63. The van der Waals surface area contributed by atoms with E-state index >= 15 is 0 Å². The first kappa shape index (κ1) is 25.6. The fourth-order valence-electron chi connectivity index (χ4n) is 7.67. The lowest BCUT2D eigenvalue weighted by atomic mass is 9.76. The number of benzene rings is 1. The molecule has 2 saturated carbocycles. The molecule has 11 nitrogen and oxygen atoms in total. The third kappa shape index (κ3) is 4.78. The average molecular weight is 627 g/mol. The molecular weight excluding hydrogens is 582 g/mol. The maximum absolute atomic E-state index is 14.4. The molecule has 11 heteroatoms. The first-order valence-corrected chi connectivity index (χ1v) is 16.4. The van der Waals surface area contributed by atoms with Crippen LogP contribution in [-0.2, 0) is 18.8 Å². The van der Waals surface area contributed by atoms with E-state index in [0.717, 1.165) is 60.0 Å². The second kappa shape index (κ2) is 11.1. The number of rotatable bonds is 4. The van der Waals surface area contributed by atoms with Crippen molar-refractivity contribution in [1.82, 2.24) is 34.2 Å². The topological polar surface area (TPSA) is 121 Å². The lowest BCUT2D eigenvalue weighted by molar-refractivity contribution is -0.125. The first-order chi connectivity index (χ1) is 23.6. The summed E-state index contributed by atoms with van der Waals surface area (Å²) in [5, 5.41) is 8.59. The van der Waals surface area contributed by atoms with Crippen LogP contribution in [0, 0.1) is 5.92 Å². The van der Waals surface area contributed by atoms with Crippen LogP contribution in [0.15, 0.2) is 41.5 Å². The standard InChI is InChI=1S/C35H41N7O4/c1-40-20-25(33(39-40)45-3)29-27-21-9-11-24(12-10-21)46-18-6-4-5-15-35(38-32(43)22-7-8-22)16-13-23(14-17-35)42-30-26(41(2)34(42)44)19-36-31(37-29)28(27)30/h9-12,19-20,22-23H,4-8,13-18H2,1-3H3,(H,36,37)(H,38,43)/i2D3. The summed E-state index contributed by atoms with van der Waals surface area (Å²) < 4.78 is 41.3. The minimum absolute atomic E-state index is 0.0971. The molecule has 11 rings (SSSR count). The smallest absolute Gasteiger partial charge is 0.329 e. The van der Waals surface area contributed by atoms with E-state index in [-0.39, 0.29) is 28.9 Å². The van der Waals surface area contributed by atoms with Crippen molar-refractivity contribution in [3.63, 3.8) is 0 Å². The summed E-state index contributed by atoms with van der Waals surface area (Å²) in [6.45, 7) is -2.14. The molecule has 4 aliphatic heterocycles. The number of H-pyrrole nitrogens is 1. The van der Waals surface area contributed by atoms with Gasteiger partial charge in [0.15, 0.2) is 0 Å². The maximum Gasteiger partial charge on any atom is 0.329 e. The maximum atomic E-state index is 14.4. The predicted molar refractivity (Wildman–Crippen MR) is 176 cm³/mol. The number of pyridine rings is 1. The zero-order valence-electron chi connectivity index (χ0n) is 29.3. The molecule has 0 saturated heterocycles. The van der Waals surface area contributed by atoms with Crippen molar-refractivity contribution in [2.24, 2.45) is 19.9 Å². The number of aryl methyl sites for hydroxylation is 2. The van der Waals surface area contributed by atoms with Crippen LogP contribution >= 0.6 is 0 Å². The van der Waals surface area contributed by atoms with Crippen LogP contribution in [0.2, 0.25) is 0 Å². The van der Waals surface area contributed by atoms with Crippen molar-refractivity contribution in [3.05, 3.63) is 47.1 Å². The number of nitrogens with one attached hydrogen (secondary N) is 2. The largest absolute Gasteiger partial charge is 0.494 e. The van der Waals surface area contributed by atoms with Crippen molar-refractivity contribution >= 4 is 28.0 Å². The third-order valence-electron chi connectivity index (χ3n) is 10.2. The van der Waals surface area contributed by atoms with E-state index in [4.69, 9.17) is 18.6 Å². The first-order valence-electron chi connectivity index (χ1n) is 17.9. The Kier molecular flexibility index (Phi) is 6.16. The number of nitrogens with zero attached hydrogens (tertiary/aromatic N) is 5. The lowest BCUT2D eigenvalue weighted by Gasteiger charge is -2.41. The summed E-state index contributed by atoms with van der Waals surface area (Å²) in [4.78, 5) is 35.7. The second-order valence-corrected chi connectivity index (χ2v) is 13.3. The van der Waals surface area contributed by atoms with Crippen molar-refractivity contribution in [2.75, 3.05) is 13.7 Å². The quantitative estimate of drug-likeness (QED) is 0.267. The highest BCUT2D eigenvalue weighted by Crippen LogP contribution is 2.46. The van der Waals surface area contributed by atoms with Gasteiger partial charge < -0.3 is 19.8 Å². The summed E-state index contributed by atoms with van der Waals surface area (Å²) in [5.41, 5.74) is 3.31. The van der Waals surface area contributed by atoms with Crippen molar-refractivity contribution in [3.8, 4) is 34.0 Å². The van der Waals surface area contributed by atoms with Gasteiger partial charge in [0, 0.05) is 47.4 Å². The second-order valence-electron chi connectivity index (χ2n) is 13.3. The summed E-state index contributed by atoms with van der Waals surface area (Å²) in [6, 6.07) is 7.55. The van der Waals surface area contributed by atoms with Crippen LogP contribution in [0.1, 0.15) is 74.4 Å². The van der Waals surface area contributed by atoms with Gasteiger partial charge in [0.25, 0.3) is 0 Å². The molecule has 2 aliphatic carbocycles. The normalized spacial score (nSPS) is 23.1. The Labute approximate surface area is 271 Å². The number of methoxy groups -OCH3 is 1. The number of imidazole rings is 1. The molecular formula is C35H41N7O4. The van der Waals surface area contributed by atoms with Crippen molar-refractivity contribution in [1.29, 1.82) is 0 Å². The number of hydrogen-bond donors (Lipinski definition) is 2. The van der Waals surface area contributed by atoms with E-state index in [9.17, 15) is 9.59 Å². The van der Waals surface area contributed by atoms with Gasteiger partial charge in [0.1, 0.15) is 11.4 Å². The van der Waals surface area contributed by atoms with Gasteiger partial charge in [-0.05, 0) is 75.5 Å². The number of aromatic amines is 1. The molecule has 6 aliphatic rings. The Balaban J connectivity index is 1.38. The molecule has 0 spiro atoms. The number of hydrogen-bond acceptors (Lipinski definition) is 6. The van der Waals surface area contributed by atoms with E-state index in [0.29, 0.717) is 66.0 Å². The average Bonchev–Trinajstić information content (AvgIpc) is 3.66. The summed E-state index contributed by atoms with van der Waals surface area (Å²) in [6.07, 6.45) is 11.5. The SMILES string of the molecule is [2H]C([2H])([2H])n1c(=O)n2c3c4c(c(-c5cn(C)nc5OC)[nH]c4ncc31)-c1ccc(cc1)OCCCCCC1(NC(=O)C3CC3)CCC2CC1. The number of carbonyl (C=O) groups excluding carboxylic acids is 1. The molecule has 46 heavy (non-hydrogen) atoms. The van der Waals surface area contributed by atoms with Crippen molar-refractivity contribution in [2.45, 2.75) is 75.8 Å². The van der Waals surface area contributed by atoms with Gasteiger partial charge >= 0.3 is 5.69 Å². The molecule has 0 atom stereocenters. The van der Waals surface area contributed by atoms with E-state index < -0.39 is 12.7 Å². The Bertz CT molecular complexity index is 2110. The number of ether oxygens (including phenoxy) is 2. The van der Waals surface area contributed by atoms with Crippen LogP contribution in [-0.4, -0.2) is 54.0 Å². The summed E-state index contributed by atoms with van der Waals surface area (Å²) >= 11 is 0. The highest BCUT2D eigenvalue weighted by atomic mass is 16.5. The number of carbonyl (C=O) groups is 1. The van der Waals surface area contributed by atoms with Crippen LogP contribution in [0.3, 0.4) is 0 Å². The molecule has 2 fully saturated rings. The Morgan fingerprint density at radius 1 is 1.13 bits per heavy atom. The Morgan fingerprint density at radius 2 is 1.93 bits per heavy atom. The van der Waals surface area contributed by atoms with E-state index in [2.05, 4.69) is 15.4 Å². The molecule has 1 amide bonds. The van der Waals surface area contributed by atoms with Crippen LogP contribution in [0.4, 0.5) is 0 Å². The van der Waals surface area contributed by atoms with Gasteiger partial charge in [-0.25, -0.2) is 9.78 Å². The molecule has 0 radical (unpaired) electrons. The molecule has 240 valence electrons. The highest BCUT2D eigenvalue weighted by Gasteiger charge is 2.41. The van der Waals surface area contributed by atoms with Crippen LogP contribution < -0.4 is 20.5 Å². The monoisotopic (exact) mass is 626 g/mol. The molecule has 4 aromatic heterocycles. The summed E-state index contributed by atoms with van der Waals surface area (Å²) in [7, 11) is 3.38. The van der Waals surface area contributed by atoms with Gasteiger partial charge in [-0.1, -0.05) is 18.6 Å². The van der Waals surface area contributed by atoms with Gasteiger partial charge in [-0.2, -0.15) is 0 Å². The van der Waals surface area contributed by atoms with Gasteiger partial charge in [-0.15, -0.1) is 5.10 Å². The minimum atomic E-state index is -2.73. The van der Waals surface area contributed by atoms with E-state index in [1.54, 1.807) is 16.4 Å². The summed E-state index contributed by atoms with van der Waals surface area (Å²) in [5.74, 6) is 1.38. The molecule has 2 N–H and O–H groups in total. The molecule has 5 aromatic rings. The van der Waals surface area contributed by atoms with E-state index in [1.165, 1.54) is 6.20 Å². The van der Waals surface area contributed by atoms with Crippen molar-refractivity contribution < 1.29 is 18.4 Å². The Morgan fingerprint density at radius 3 is 2.67 bits per heavy atom.